The molecule has 14 rings (SSSR count). The van der Waals surface area contributed by atoms with E-state index in [9.17, 15) is 0 Å². The SMILES string of the molecule is CC1(C)c2cc(-c3ccc4c(c3)c3ccccc3n4-c3ccccc3)ccc2-c2ccc(-n3c4ccccc4c4cc(-c5ccc6c(c5)c5ccccc5n6-c5ccccc5)ccc43)cc21. The Bertz CT molecular complexity index is 4120. The Balaban J connectivity index is 0.853. The Morgan fingerprint density at radius 2 is 0.591 bits per heavy atom. The lowest BCUT2D eigenvalue weighted by atomic mass is 9.81. The third-order valence-corrected chi connectivity index (χ3v) is 14.6. The summed E-state index contributed by atoms with van der Waals surface area (Å²) >= 11 is 0. The molecule has 1 aliphatic carbocycles. The van der Waals surface area contributed by atoms with Gasteiger partial charge in [-0.1, -0.05) is 141 Å². The Kier molecular flexibility index (Phi) is 7.74. The zero-order valence-corrected chi connectivity index (χ0v) is 36.7. The fourth-order valence-electron chi connectivity index (χ4n) is 11.5. The summed E-state index contributed by atoms with van der Waals surface area (Å²) < 4.78 is 7.24. The molecule has 0 bridgehead atoms. The number of hydrogen-bond donors (Lipinski definition) is 0. The fourth-order valence-corrected chi connectivity index (χ4v) is 11.5. The summed E-state index contributed by atoms with van der Waals surface area (Å²) in [4.78, 5) is 0. The third kappa shape index (κ3) is 5.26. The van der Waals surface area contributed by atoms with Crippen molar-refractivity contribution in [3.05, 3.63) is 236 Å². The van der Waals surface area contributed by atoms with Gasteiger partial charge in [0.15, 0.2) is 0 Å². The van der Waals surface area contributed by atoms with Crippen LogP contribution in [0.1, 0.15) is 25.0 Å². The number of fused-ring (bicyclic) bond motifs is 12. The van der Waals surface area contributed by atoms with Gasteiger partial charge in [-0.2, -0.15) is 0 Å². The lowest BCUT2D eigenvalue weighted by Gasteiger charge is -2.23. The summed E-state index contributed by atoms with van der Waals surface area (Å²) in [6.45, 7) is 4.79. The quantitative estimate of drug-likeness (QED) is 0.164. The topological polar surface area (TPSA) is 14.8 Å². The summed E-state index contributed by atoms with van der Waals surface area (Å²) in [5.74, 6) is 0. The molecular weight excluding hydrogens is 799 g/mol. The minimum Gasteiger partial charge on any atom is -0.309 e. The number of benzene rings is 10. The van der Waals surface area contributed by atoms with Crippen molar-refractivity contribution in [3.63, 3.8) is 0 Å². The van der Waals surface area contributed by atoms with E-state index in [1.807, 2.05) is 0 Å². The lowest BCUT2D eigenvalue weighted by molar-refractivity contribution is 0.660. The van der Waals surface area contributed by atoms with Gasteiger partial charge in [0.1, 0.15) is 0 Å². The van der Waals surface area contributed by atoms with Gasteiger partial charge in [0.2, 0.25) is 0 Å². The third-order valence-electron chi connectivity index (χ3n) is 14.6. The first-order chi connectivity index (χ1) is 32.5. The number of nitrogens with zero attached hydrogens (tertiary/aromatic N) is 3. The van der Waals surface area contributed by atoms with Crippen LogP contribution in [0.5, 0.6) is 0 Å². The van der Waals surface area contributed by atoms with Crippen LogP contribution in [0.3, 0.4) is 0 Å². The Morgan fingerprint density at radius 1 is 0.258 bits per heavy atom. The molecule has 0 spiro atoms. The van der Waals surface area contributed by atoms with Crippen LogP contribution in [-0.2, 0) is 5.41 Å². The van der Waals surface area contributed by atoms with Gasteiger partial charge in [-0.25, -0.2) is 0 Å². The van der Waals surface area contributed by atoms with Crippen LogP contribution in [0, 0.1) is 0 Å². The van der Waals surface area contributed by atoms with Gasteiger partial charge < -0.3 is 13.7 Å². The number of hydrogen-bond acceptors (Lipinski definition) is 0. The molecule has 3 heterocycles. The molecule has 0 unspecified atom stereocenters. The minimum atomic E-state index is -0.196. The molecule has 0 N–H and O–H groups in total. The molecular formula is C63H43N3. The normalized spacial score (nSPS) is 13.1. The first-order valence-corrected chi connectivity index (χ1v) is 23.0. The number of rotatable bonds is 5. The zero-order valence-electron chi connectivity index (χ0n) is 36.7. The largest absolute Gasteiger partial charge is 0.309 e. The maximum Gasteiger partial charge on any atom is 0.0541 e. The van der Waals surface area contributed by atoms with Gasteiger partial charge >= 0.3 is 0 Å². The summed E-state index contributed by atoms with van der Waals surface area (Å²) in [6.07, 6.45) is 0. The maximum atomic E-state index is 2.47. The van der Waals surface area contributed by atoms with Crippen molar-refractivity contribution in [3.8, 4) is 50.4 Å². The Labute approximate surface area is 382 Å². The molecule has 1 aliphatic rings. The van der Waals surface area contributed by atoms with Crippen LogP contribution < -0.4 is 0 Å². The molecule has 66 heavy (non-hydrogen) atoms. The molecule has 310 valence electrons. The van der Waals surface area contributed by atoms with Gasteiger partial charge in [0.05, 0.1) is 33.1 Å². The van der Waals surface area contributed by atoms with E-state index in [4.69, 9.17) is 0 Å². The van der Waals surface area contributed by atoms with Crippen molar-refractivity contribution in [2.45, 2.75) is 19.3 Å². The summed E-state index contributed by atoms with van der Waals surface area (Å²) in [6, 6.07) is 83.1. The van der Waals surface area contributed by atoms with Crippen molar-refractivity contribution < 1.29 is 0 Å². The molecule has 10 aromatic carbocycles. The standard InChI is InChI=1S/C63H43N3/c1-63(2)55-38-43(42-28-33-61-53(37-42)50-20-10-13-23-58(50)65(61)45-17-7-4-8-18-45)25-30-47(55)48-31-29-46(39-56(48)63)66-59-24-14-11-21-51(59)54-36-41(27-34-62(54)66)40-26-32-60-52(35-40)49-19-9-12-22-57(49)64(60)44-15-5-3-6-16-44/h3-39H,1-2H3. The van der Waals surface area contributed by atoms with E-state index in [1.165, 1.54) is 127 Å². The highest BCUT2D eigenvalue weighted by molar-refractivity contribution is 6.13. The van der Waals surface area contributed by atoms with Crippen molar-refractivity contribution >= 4 is 65.4 Å². The van der Waals surface area contributed by atoms with Crippen molar-refractivity contribution in [2.75, 3.05) is 0 Å². The minimum absolute atomic E-state index is 0.196. The van der Waals surface area contributed by atoms with Gasteiger partial charge in [-0.3, -0.25) is 0 Å². The van der Waals surface area contributed by atoms with Crippen molar-refractivity contribution in [2.24, 2.45) is 0 Å². The summed E-state index contributed by atoms with van der Waals surface area (Å²) in [7, 11) is 0. The van der Waals surface area contributed by atoms with E-state index in [0.717, 1.165) is 0 Å². The Morgan fingerprint density at radius 3 is 1.05 bits per heavy atom. The van der Waals surface area contributed by atoms with E-state index >= 15 is 0 Å². The van der Waals surface area contributed by atoms with Crippen LogP contribution >= 0.6 is 0 Å². The number of aromatic nitrogens is 3. The predicted octanol–water partition coefficient (Wildman–Crippen LogP) is 16.6. The van der Waals surface area contributed by atoms with Crippen LogP contribution in [0.15, 0.2) is 224 Å². The van der Waals surface area contributed by atoms with Crippen LogP contribution in [0.4, 0.5) is 0 Å². The second-order valence-electron chi connectivity index (χ2n) is 18.5. The molecule has 0 radical (unpaired) electrons. The van der Waals surface area contributed by atoms with Gasteiger partial charge in [-0.05, 0) is 142 Å². The smallest absolute Gasteiger partial charge is 0.0541 e. The zero-order chi connectivity index (χ0) is 43.7. The highest BCUT2D eigenvalue weighted by Gasteiger charge is 2.36. The predicted molar refractivity (Wildman–Crippen MR) is 278 cm³/mol. The van der Waals surface area contributed by atoms with E-state index in [-0.39, 0.29) is 5.41 Å². The maximum absolute atomic E-state index is 2.47. The molecule has 0 saturated heterocycles. The lowest BCUT2D eigenvalue weighted by Crippen LogP contribution is -2.15. The second-order valence-corrected chi connectivity index (χ2v) is 18.5. The molecule has 3 aromatic heterocycles. The van der Waals surface area contributed by atoms with Crippen molar-refractivity contribution in [1.29, 1.82) is 0 Å². The van der Waals surface area contributed by atoms with Gasteiger partial charge in [0, 0.05) is 54.8 Å². The molecule has 0 aliphatic heterocycles. The van der Waals surface area contributed by atoms with E-state index in [1.54, 1.807) is 0 Å². The molecule has 3 heteroatoms. The van der Waals surface area contributed by atoms with E-state index in [2.05, 4.69) is 252 Å². The molecule has 3 nitrogen and oxygen atoms in total. The summed E-state index contributed by atoms with van der Waals surface area (Å²) in [5.41, 5.74) is 20.9. The average molecular weight is 842 g/mol. The highest BCUT2D eigenvalue weighted by Crippen LogP contribution is 2.51. The van der Waals surface area contributed by atoms with Crippen LogP contribution in [0.25, 0.3) is 116 Å². The van der Waals surface area contributed by atoms with Gasteiger partial charge in [-0.15, -0.1) is 0 Å². The first-order valence-electron chi connectivity index (χ1n) is 23.0. The van der Waals surface area contributed by atoms with Crippen molar-refractivity contribution in [1.82, 2.24) is 13.7 Å². The summed E-state index contributed by atoms with van der Waals surface area (Å²) in [5, 5.41) is 7.58. The molecule has 0 saturated carbocycles. The molecule has 0 fully saturated rings. The van der Waals surface area contributed by atoms with Crippen LogP contribution in [0.2, 0.25) is 0 Å². The molecule has 13 aromatic rings. The van der Waals surface area contributed by atoms with E-state index in [0.29, 0.717) is 0 Å². The Hall–Kier alpha value is -8.40. The van der Waals surface area contributed by atoms with Gasteiger partial charge in [0.25, 0.3) is 0 Å². The first kappa shape index (κ1) is 37.0. The number of para-hydroxylation sites is 5. The van der Waals surface area contributed by atoms with E-state index < -0.39 is 0 Å². The van der Waals surface area contributed by atoms with Crippen LogP contribution in [-0.4, -0.2) is 13.7 Å². The average Bonchev–Trinajstić information content (AvgIpc) is 4.07. The highest BCUT2D eigenvalue weighted by atomic mass is 15.0. The molecule has 0 amide bonds. The molecule has 0 atom stereocenters. The monoisotopic (exact) mass is 841 g/mol. The second kappa shape index (κ2) is 13.8. The fraction of sp³-hybridized carbons (Fsp3) is 0.0476.